The Kier molecular flexibility index (Phi) is 3.99. The number of nitrogens with zero attached hydrogens (tertiary/aromatic N) is 2. The van der Waals surface area contributed by atoms with Crippen molar-refractivity contribution >= 4 is 22.6 Å². The summed E-state index contributed by atoms with van der Waals surface area (Å²) in [5, 5.41) is 9.98. The molecule has 3 rings (SSSR count). The van der Waals surface area contributed by atoms with E-state index in [1.807, 2.05) is 19.1 Å². The Morgan fingerprint density at radius 1 is 1.21 bits per heavy atom. The molecule has 2 heterocycles. The Labute approximate surface area is 137 Å². The van der Waals surface area contributed by atoms with Crippen LogP contribution in [0.25, 0.3) is 10.9 Å². The van der Waals surface area contributed by atoms with Crippen LogP contribution in [0.15, 0.2) is 35.1 Å². The smallest absolute Gasteiger partial charge is 0.281 e. The van der Waals surface area contributed by atoms with Crippen LogP contribution in [0, 0.1) is 13.8 Å². The van der Waals surface area contributed by atoms with Crippen molar-refractivity contribution in [3.63, 3.8) is 0 Å². The van der Waals surface area contributed by atoms with Crippen molar-refractivity contribution < 1.29 is 9.53 Å². The highest BCUT2D eigenvalue weighted by Gasteiger charge is 2.14. The largest absolute Gasteiger partial charge is 0.497 e. The zero-order valence-corrected chi connectivity index (χ0v) is 13.5. The molecule has 0 atom stereocenters. The van der Waals surface area contributed by atoms with Gasteiger partial charge in [0, 0.05) is 23.2 Å². The van der Waals surface area contributed by atoms with Crippen molar-refractivity contribution in [2.45, 2.75) is 13.8 Å². The van der Waals surface area contributed by atoms with Crippen molar-refractivity contribution in [1.29, 1.82) is 0 Å². The molecule has 1 aromatic carbocycles. The summed E-state index contributed by atoms with van der Waals surface area (Å²) in [5.74, 6) is 0.417. The van der Waals surface area contributed by atoms with Crippen LogP contribution in [-0.4, -0.2) is 28.2 Å². The molecule has 0 aliphatic carbocycles. The fourth-order valence-corrected chi connectivity index (χ4v) is 2.41. The number of carbonyl (C=O) groups excluding carboxylic acids is 1. The number of ether oxygens (including phenoxy) is 1. The number of aryl methyl sites for hydroxylation is 2. The predicted octanol–water partition coefficient (Wildman–Crippen LogP) is 2.20. The summed E-state index contributed by atoms with van der Waals surface area (Å²) in [7, 11) is 1.58. The molecule has 0 aliphatic heterocycles. The Balaban J connectivity index is 1.97. The van der Waals surface area contributed by atoms with Crippen LogP contribution in [0.1, 0.15) is 21.7 Å². The molecule has 0 fully saturated rings. The molecule has 0 unspecified atom stereocenters. The molecular weight excluding hydrogens is 308 g/mol. The van der Waals surface area contributed by atoms with Gasteiger partial charge in [0.15, 0.2) is 5.69 Å². The van der Waals surface area contributed by atoms with Gasteiger partial charge in [-0.2, -0.15) is 5.10 Å². The highest BCUT2D eigenvalue weighted by molar-refractivity contribution is 6.02. The first-order valence-corrected chi connectivity index (χ1v) is 7.31. The number of hydrogen-bond donors (Lipinski definition) is 2. The summed E-state index contributed by atoms with van der Waals surface area (Å²) in [6.07, 6.45) is 0. The van der Waals surface area contributed by atoms with Crippen LogP contribution in [0.3, 0.4) is 0 Å². The van der Waals surface area contributed by atoms with Gasteiger partial charge in [-0.25, -0.2) is 4.98 Å². The van der Waals surface area contributed by atoms with E-state index in [9.17, 15) is 9.59 Å². The highest BCUT2D eigenvalue weighted by atomic mass is 16.5. The maximum absolute atomic E-state index is 12.3. The molecule has 7 nitrogen and oxygen atoms in total. The maximum Gasteiger partial charge on any atom is 0.281 e. The summed E-state index contributed by atoms with van der Waals surface area (Å²) in [4.78, 5) is 28.5. The molecule has 0 saturated heterocycles. The van der Waals surface area contributed by atoms with Crippen molar-refractivity contribution in [2.24, 2.45) is 0 Å². The van der Waals surface area contributed by atoms with Gasteiger partial charge < -0.3 is 10.1 Å². The Morgan fingerprint density at radius 2 is 2.00 bits per heavy atom. The van der Waals surface area contributed by atoms with E-state index in [0.717, 1.165) is 10.9 Å². The summed E-state index contributed by atoms with van der Waals surface area (Å²) in [6.45, 7) is 3.61. The van der Waals surface area contributed by atoms with E-state index in [2.05, 4.69) is 20.5 Å². The summed E-state index contributed by atoms with van der Waals surface area (Å²) < 4.78 is 5.20. The second kappa shape index (κ2) is 6.11. The first kappa shape index (κ1) is 15.7. The van der Waals surface area contributed by atoms with Crippen molar-refractivity contribution in [3.8, 4) is 5.75 Å². The van der Waals surface area contributed by atoms with E-state index < -0.39 is 11.3 Å². The van der Waals surface area contributed by atoms with Gasteiger partial charge in [0.25, 0.3) is 5.91 Å². The van der Waals surface area contributed by atoms with Crippen LogP contribution in [0.5, 0.6) is 5.75 Å². The second-order valence-electron chi connectivity index (χ2n) is 5.43. The van der Waals surface area contributed by atoms with E-state index in [-0.39, 0.29) is 5.69 Å². The van der Waals surface area contributed by atoms with E-state index >= 15 is 0 Å². The number of pyridine rings is 1. The van der Waals surface area contributed by atoms with Gasteiger partial charge in [-0.05, 0) is 37.6 Å². The molecule has 0 spiro atoms. The van der Waals surface area contributed by atoms with Crippen molar-refractivity contribution in [2.75, 3.05) is 12.4 Å². The Bertz CT molecular complexity index is 995. The number of methoxy groups -OCH3 is 1. The van der Waals surface area contributed by atoms with E-state index in [1.54, 1.807) is 26.2 Å². The standard InChI is InChI=1S/C17H16N4O3/c1-9-6-15(18-13-8-11(24-3)4-5-12(9)13)19-17(23)16-14(22)7-10(2)20-21-16/h4-8H,1-3H3,(H,20,22)(H,18,19,23). The molecular formula is C17H16N4O3. The SMILES string of the molecule is COc1ccc2c(C)cc(NC(=O)c3n[nH]c(C)cc3=O)nc2c1. The number of amides is 1. The minimum absolute atomic E-state index is 0.203. The molecule has 122 valence electrons. The van der Waals surface area contributed by atoms with Gasteiger partial charge in [0.2, 0.25) is 5.43 Å². The topological polar surface area (TPSA) is 97.0 Å². The highest BCUT2D eigenvalue weighted by Crippen LogP contribution is 2.24. The number of fused-ring (bicyclic) bond motifs is 1. The van der Waals surface area contributed by atoms with Crippen LogP contribution in [-0.2, 0) is 0 Å². The first-order chi connectivity index (χ1) is 11.5. The molecule has 1 amide bonds. The molecule has 2 N–H and O–H groups in total. The number of aromatic nitrogens is 3. The third-order valence-corrected chi connectivity index (χ3v) is 3.61. The van der Waals surface area contributed by atoms with Crippen LogP contribution >= 0.6 is 0 Å². The lowest BCUT2D eigenvalue weighted by atomic mass is 10.1. The summed E-state index contributed by atoms with van der Waals surface area (Å²) in [5.41, 5.74) is 1.58. The van der Waals surface area contributed by atoms with Gasteiger partial charge in [-0.15, -0.1) is 0 Å². The fraction of sp³-hybridized carbons (Fsp3) is 0.176. The minimum atomic E-state index is -0.606. The van der Waals surface area contributed by atoms with E-state index in [4.69, 9.17) is 4.74 Å². The van der Waals surface area contributed by atoms with Crippen LogP contribution < -0.4 is 15.5 Å². The lowest BCUT2D eigenvalue weighted by molar-refractivity contribution is 0.102. The fourth-order valence-electron chi connectivity index (χ4n) is 2.41. The summed E-state index contributed by atoms with van der Waals surface area (Å²) >= 11 is 0. The lowest BCUT2D eigenvalue weighted by Gasteiger charge is -2.09. The number of aromatic amines is 1. The van der Waals surface area contributed by atoms with Gasteiger partial charge in [-0.1, -0.05) is 0 Å². The number of H-pyrrole nitrogens is 1. The van der Waals surface area contributed by atoms with Gasteiger partial charge >= 0.3 is 0 Å². The number of benzene rings is 1. The lowest BCUT2D eigenvalue weighted by Crippen LogP contribution is -2.24. The van der Waals surface area contributed by atoms with E-state index in [1.165, 1.54) is 6.07 Å². The summed E-state index contributed by atoms with van der Waals surface area (Å²) in [6, 6.07) is 8.62. The van der Waals surface area contributed by atoms with Crippen LogP contribution in [0.4, 0.5) is 5.82 Å². The second-order valence-corrected chi connectivity index (χ2v) is 5.43. The number of nitrogens with one attached hydrogen (secondary N) is 2. The van der Waals surface area contributed by atoms with Crippen LogP contribution in [0.2, 0.25) is 0 Å². The average molecular weight is 324 g/mol. The molecule has 7 heteroatoms. The monoisotopic (exact) mass is 324 g/mol. The zero-order chi connectivity index (χ0) is 17.3. The van der Waals surface area contributed by atoms with Gasteiger partial charge in [0.1, 0.15) is 11.6 Å². The first-order valence-electron chi connectivity index (χ1n) is 7.31. The number of carbonyl (C=O) groups is 1. The predicted molar refractivity (Wildman–Crippen MR) is 90.6 cm³/mol. The van der Waals surface area contributed by atoms with Crippen molar-refractivity contribution in [3.05, 3.63) is 57.5 Å². The number of rotatable bonds is 3. The minimum Gasteiger partial charge on any atom is -0.497 e. The third-order valence-electron chi connectivity index (χ3n) is 3.61. The molecule has 0 bridgehead atoms. The molecule has 0 aliphatic rings. The Hall–Kier alpha value is -3.22. The van der Waals surface area contributed by atoms with E-state index in [0.29, 0.717) is 22.8 Å². The van der Waals surface area contributed by atoms with Gasteiger partial charge in [0.05, 0.1) is 12.6 Å². The average Bonchev–Trinajstić information content (AvgIpc) is 2.54. The maximum atomic E-state index is 12.3. The van der Waals surface area contributed by atoms with Gasteiger partial charge in [-0.3, -0.25) is 14.7 Å². The molecule has 0 saturated carbocycles. The van der Waals surface area contributed by atoms with Crippen molar-refractivity contribution in [1.82, 2.24) is 15.2 Å². The quantitative estimate of drug-likeness (QED) is 0.770. The molecule has 2 aromatic heterocycles. The molecule has 0 radical (unpaired) electrons. The molecule has 24 heavy (non-hydrogen) atoms. The zero-order valence-electron chi connectivity index (χ0n) is 13.5. The number of anilines is 1. The normalized spacial score (nSPS) is 10.6. The third kappa shape index (κ3) is 2.96. The Morgan fingerprint density at radius 3 is 2.71 bits per heavy atom. The number of hydrogen-bond acceptors (Lipinski definition) is 5. The molecule has 3 aromatic rings.